The van der Waals surface area contributed by atoms with Crippen molar-refractivity contribution in [1.82, 2.24) is 4.90 Å². The SMILES string of the molecule is COC(=O)[C@H]1CCCN(C(=O)c2csc3ccccc23)C1. The van der Waals surface area contributed by atoms with E-state index in [1.165, 1.54) is 7.11 Å². The Morgan fingerprint density at radius 2 is 2.14 bits per heavy atom. The number of methoxy groups -OCH3 is 1. The van der Waals surface area contributed by atoms with Gasteiger partial charge in [0.2, 0.25) is 0 Å². The lowest BCUT2D eigenvalue weighted by Gasteiger charge is -2.31. The van der Waals surface area contributed by atoms with Gasteiger partial charge in [0.25, 0.3) is 5.91 Å². The summed E-state index contributed by atoms with van der Waals surface area (Å²) in [4.78, 5) is 26.2. The minimum atomic E-state index is -0.220. The van der Waals surface area contributed by atoms with Crippen LogP contribution in [0.5, 0.6) is 0 Å². The van der Waals surface area contributed by atoms with E-state index in [-0.39, 0.29) is 17.8 Å². The zero-order chi connectivity index (χ0) is 14.8. The highest BCUT2D eigenvalue weighted by Crippen LogP contribution is 2.28. The summed E-state index contributed by atoms with van der Waals surface area (Å²) in [5.74, 6) is -0.402. The summed E-state index contributed by atoms with van der Waals surface area (Å²) >= 11 is 1.58. The zero-order valence-corrected chi connectivity index (χ0v) is 12.7. The van der Waals surface area contributed by atoms with Crippen molar-refractivity contribution in [3.8, 4) is 0 Å². The van der Waals surface area contributed by atoms with Crippen molar-refractivity contribution in [2.75, 3.05) is 20.2 Å². The number of esters is 1. The summed E-state index contributed by atoms with van der Waals surface area (Å²) in [6.45, 7) is 1.16. The van der Waals surface area contributed by atoms with E-state index in [0.29, 0.717) is 13.1 Å². The van der Waals surface area contributed by atoms with Crippen molar-refractivity contribution in [2.24, 2.45) is 5.92 Å². The van der Waals surface area contributed by atoms with Gasteiger partial charge in [0, 0.05) is 28.6 Å². The predicted molar refractivity (Wildman–Crippen MR) is 82.5 cm³/mol. The number of amides is 1. The maximum absolute atomic E-state index is 12.7. The van der Waals surface area contributed by atoms with Crippen molar-refractivity contribution in [3.63, 3.8) is 0 Å². The number of carbonyl (C=O) groups excluding carboxylic acids is 2. The van der Waals surface area contributed by atoms with E-state index in [1.807, 2.05) is 29.6 Å². The van der Waals surface area contributed by atoms with Crippen molar-refractivity contribution < 1.29 is 14.3 Å². The van der Waals surface area contributed by atoms with Gasteiger partial charge in [-0.3, -0.25) is 9.59 Å². The van der Waals surface area contributed by atoms with E-state index >= 15 is 0 Å². The Hall–Kier alpha value is -1.88. The van der Waals surface area contributed by atoms with Crippen LogP contribution in [0.15, 0.2) is 29.6 Å². The molecule has 2 heterocycles. The molecule has 5 heteroatoms. The molecule has 0 saturated carbocycles. The van der Waals surface area contributed by atoms with Gasteiger partial charge in [0.05, 0.1) is 18.6 Å². The van der Waals surface area contributed by atoms with E-state index in [2.05, 4.69) is 0 Å². The summed E-state index contributed by atoms with van der Waals surface area (Å²) in [6.07, 6.45) is 1.63. The smallest absolute Gasteiger partial charge is 0.310 e. The number of thiophene rings is 1. The van der Waals surface area contributed by atoms with Gasteiger partial charge in [-0.15, -0.1) is 11.3 Å². The third kappa shape index (κ3) is 2.65. The average Bonchev–Trinajstić information content (AvgIpc) is 2.97. The zero-order valence-electron chi connectivity index (χ0n) is 11.9. The van der Waals surface area contributed by atoms with Crippen LogP contribution in [0.2, 0.25) is 0 Å². The lowest BCUT2D eigenvalue weighted by molar-refractivity contribution is -0.146. The van der Waals surface area contributed by atoms with E-state index < -0.39 is 0 Å². The van der Waals surface area contributed by atoms with Crippen LogP contribution in [0.25, 0.3) is 10.1 Å². The van der Waals surface area contributed by atoms with Crippen molar-refractivity contribution in [3.05, 3.63) is 35.2 Å². The quantitative estimate of drug-likeness (QED) is 0.801. The number of hydrogen-bond acceptors (Lipinski definition) is 4. The van der Waals surface area contributed by atoms with E-state index in [4.69, 9.17) is 4.74 Å². The summed E-state index contributed by atoms with van der Waals surface area (Å²) in [5, 5.41) is 2.90. The lowest BCUT2D eigenvalue weighted by Crippen LogP contribution is -2.42. The number of ether oxygens (including phenoxy) is 1. The molecule has 0 spiro atoms. The first-order valence-electron chi connectivity index (χ1n) is 7.04. The Balaban J connectivity index is 1.83. The summed E-state index contributed by atoms with van der Waals surface area (Å²) in [7, 11) is 1.40. The Labute approximate surface area is 127 Å². The molecule has 1 amide bonds. The number of benzene rings is 1. The maximum atomic E-state index is 12.7. The van der Waals surface area contributed by atoms with Crippen molar-refractivity contribution in [2.45, 2.75) is 12.8 Å². The monoisotopic (exact) mass is 303 g/mol. The molecular formula is C16H17NO3S. The van der Waals surface area contributed by atoms with Gasteiger partial charge in [-0.1, -0.05) is 18.2 Å². The fourth-order valence-corrected chi connectivity index (χ4v) is 3.77. The number of carbonyl (C=O) groups is 2. The molecule has 1 aliphatic rings. The maximum Gasteiger partial charge on any atom is 0.310 e. The topological polar surface area (TPSA) is 46.6 Å². The van der Waals surface area contributed by atoms with Gasteiger partial charge in [-0.2, -0.15) is 0 Å². The molecule has 1 aliphatic heterocycles. The Bertz CT molecular complexity index is 679. The second-order valence-electron chi connectivity index (χ2n) is 5.26. The molecule has 1 aromatic carbocycles. The molecule has 0 N–H and O–H groups in total. The molecule has 1 fully saturated rings. The molecule has 2 aromatic rings. The van der Waals surface area contributed by atoms with Gasteiger partial charge >= 0.3 is 5.97 Å². The Kier molecular flexibility index (Phi) is 3.92. The molecule has 0 unspecified atom stereocenters. The normalized spacial score (nSPS) is 18.7. The van der Waals surface area contributed by atoms with Crippen LogP contribution in [0.1, 0.15) is 23.2 Å². The van der Waals surface area contributed by atoms with Gasteiger partial charge in [-0.05, 0) is 18.9 Å². The van der Waals surface area contributed by atoms with Crippen LogP contribution < -0.4 is 0 Å². The molecule has 0 radical (unpaired) electrons. The molecule has 1 atom stereocenters. The van der Waals surface area contributed by atoms with Crippen molar-refractivity contribution in [1.29, 1.82) is 0 Å². The number of piperidine rings is 1. The van der Waals surface area contributed by atoms with Gasteiger partial charge < -0.3 is 9.64 Å². The van der Waals surface area contributed by atoms with Crippen LogP contribution >= 0.6 is 11.3 Å². The third-order valence-electron chi connectivity index (χ3n) is 3.95. The molecule has 1 aromatic heterocycles. The first-order valence-corrected chi connectivity index (χ1v) is 7.92. The lowest BCUT2D eigenvalue weighted by atomic mass is 9.97. The fraction of sp³-hybridized carbons (Fsp3) is 0.375. The van der Waals surface area contributed by atoms with Crippen LogP contribution in [-0.2, 0) is 9.53 Å². The molecule has 4 nitrogen and oxygen atoms in total. The molecule has 0 bridgehead atoms. The Morgan fingerprint density at radius 1 is 1.33 bits per heavy atom. The third-order valence-corrected chi connectivity index (χ3v) is 4.92. The highest BCUT2D eigenvalue weighted by Gasteiger charge is 2.30. The number of rotatable bonds is 2. The fourth-order valence-electron chi connectivity index (χ4n) is 2.83. The van der Waals surface area contributed by atoms with Gasteiger partial charge in [0.15, 0.2) is 0 Å². The standard InChI is InChI=1S/C16H17NO3S/c1-20-16(19)11-5-4-8-17(9-11)15(18)13-10-21-14-7-3-2-6-12(13)14/h2-3,6-7,10-11H,4-5,8-9H2,1H3/t11-/m0/s1. The Morgan fingerprint density at radius 3 is 2.95 bits per heavy atom. The number of fused-ring (bicyclic) bond motifs is 1. The first-order chi connectivity index (χ1) is 10.2. The average molecular weight is 303 g/mol. The minimum absolute atomic E-state index is 0.0149. The predicted octanol–water partition coefficient (Wildman–Crippen LogP) is 2.93. The summed E-state index contributed by atoms with van der Waals surface area (Å²) in [6, 6.07) is 7.91. The molecule has 0 aliphatic carbocycles. The molecule has 3 rings (SSSR count). The van der Waals surface area contributed by atoms with Crippen LogP contribution in [0, 0.1) is 5.92 Å². The summed E-state index contributed by atoms with van der Waals surface area (Å²) < 4.78 is 5.92. The number of nitrogens with zero attached hydrogens (tertiary/aromatic N) is 1. The minimum Gasteiger partial charge on any atom is -0.469 e. The molecule has 1 saturated heterocycles. The van der Waals surface area contributed by atoms with Gasteiger partial charge in [0.1, 0.15) is 0 Å². The van der Waals surface area contributed by atoms with Crippen LogP contribution in [0.4, 0.5) is 0 Å². The van der Waals surface area contributed by atoms with Crippen LogP contribution in [0.3, 0.4) is 0 Å². The molecular weight excluding hydrogens is 286 g/mol. The first kappa shape index (κ1) is 14.1. The van der Waals surface area contributed by atoms with E-state index in [9.17, 15) is 9.59 Å². The highest BCUT2D eigenvalue weighted by atomic mass is 32.1. The van der Waals surface area contributed by atoms with Gasteiger partial charge in [-0.25, -0.2) is 0 Å². The van der Waals surface area contributed by atoms with E-state index in [1.54, 1.807) is 16.2 Å². The molecule has 110 valence electrons. The highest BCUT2D eigenvalue weighted by molar-refractivity contribution is 7.17. The second kappa shape index (κ2) is 5.85. The molecule has 21 heavy (non-hydrogen) atoms. The van der Waals surface area contributed by atoms with Crippen molar-refractivity contribution >= 4 is 33.3 Å². The number of likely N-dealkylation sites (tertiary alicyclic amines) is 1. The van der Waals surface area contributed by atoms with E-state index in [0.717, 1.165) is 28.5 Å². The summed E-state index contributed by atoms with van der Waals surface area (Å²) in [5.41, 5.74) is 0.737. The second-order valence-corrected chi connectivity index (χ2v) is 6.17. The number of hydrogen-bond donors (Lipinski definition) is 0. The largest absolute Gasteiger partial charge is 0.469 e. The van der Waals surface area contributed by atoms with Crippen LogP contribution in [-0.4, -0.2) is 37.0 Å².